The smallest absolute Gasteiger partial charge is 0.249 e. The molecule has 0 bridgehead atoms. The predicted octanol–water partition coefficient (Wildman–Crippen LogP) is 18.1. The van der Waals surface area contributed by atoms with Gasteiger partial charge in [0.25, 0.3) is 0 Å². The highest BCUT2D eigenvalue weighted by Crippen LogP contribution is 2.24. The van der Waals surface area contributed by atoms with Gasteiger partial charge in [-0.2, -0.15) is 0 Å². The molecular weight excluding hydrogens is 1060 g/mol. The second-order valence-electron chi connectivity index (χ2n) is 26.0. The predicted molar refractivity (Wildman–Crippen MR) is 358 cm³/mol. The van der Waals surface area contributed by atoms with Crippen molar-refractivity contribution in [2.24, 2.45) is 0 Å². The quantitative estimate of drug-likeness (QED) is 0.0215. The van der Waals surface area contributed by atoms with Crippen LogP contribution in [0.4, 0.5) is 0 Å². The lowest BCUT2D eigenvalue weighted by Crippen LogP contribution is -2.60. The van der Waals surface area contributed by atoms with Gasteiger partial charge in [-0.3, -0.25) is 4.79 Å². The van der Waals surface area contributed by atoms with Crippen molar-refractivity contribution < 1.29 is 50.0 Å². The number of allylic oxidation sites excluding steroid dienone is 6. The van der Waals surface area contributed by atoms with Crippen molar-refractivity contribution >= 4 is 5.91 Å². The molecule has 0 radical (unpaired) electrons. The summed E-state index contributed by atoms with van der Waals surface area (Å²) in [5.74, 6) is -0.706. The summed E-state index contributed by atoms with van der Waals surface area (Å²) in [5, 5.41) is 76.4. The first-order valence-electron chi connectivity index (χ1n) is 36.9. The van der Waals surface area contributed by atoms with Crippen molar-refractivity contribution in [1.29, 1.82) is 0 Å². The number of amides is 1. The molecule has 502 valence electrons. The van der Waals surface area contributed by atoms with Gasteiger partial charge in [-0.05, 0) is 64.2 Å². The van der Waals surface area contributed by atoms with E-state index in [1.54, 1.807) is 0 Å². The molecular formula is C74H141NO10. The average Bonchev–Trinajstić information content (AvgIpc) is 3.67. The Labute approximate surface area is 524 Å². The number of unbranched alkanes of at least 4 members (excludes halogenated alkanes) is 47. The Morgan fingerprint density at radius 3 is 1.05 bits per heavy atom. The van der Waals surface area contributed by atoms with Crippen LogP contribution >= 0.6 is 0 Å². The molecule has 1 aliphatic heterocycles. The second kappa shape index (κ2) is 62.5. The van der Waals surface area contributed by atoms with Crippen LogP contribution in [0.15, 0.2) is 36.5 Å². The van der Waals surface area contributed by atoms with E-state index in [0.29, 0.717) is 19.3 Å². The molecule has 1 saturated heterocycles. The molecule has 0 spiro atoms. The van der Waals surface area contributed by atoms with E-state index in [4.69, 9.17) is 9.47 Å². The number of carbonyl (C=O) groups excluding carboxylic acids is 1. The fourth-order valence-electron chi connectivity index (χ4n) is 12.0. The summed E-state index contributed by atoms with van der Waals surface area (Å²) in [7, 11) is 0. The Bertz CT molecular complexity index is 1480. The summed E-state index contributed by atoms with van der Waals surface area (Å²) in [6.45, 7) is 3.48. The number of nitrogens with one attached hydrogen (secondary N) is 1. The van der Waals surface area contributed by atoms with Gasteiger partial charge in [0.05, 0.1) is 25.4 Å². The minimum absolute atomic E-state index is 0.243. The third kappa shape index (κ3) is 49.8. The number of aliphatic hydroxyl groups excluding tert-OH is 7. The zero-order chi connectivity index (χ0) is 61.7. The van der Waals surface area contributed by atoms with Gasteiger partial charge in [-0.15, -0.1) is 0 Å². The zero-order valence-corrected chi connectivity index (χ0v) is 55.6. The van der Waals surface area contributed by atoms with Crippen LogP contribution in [0.2, 0.25) is 0 Å². The second-order valence-corrected chi connectivity index (χ2v) is 26.0. The fraction of sp³-hybridized carbons (Fsp3) is 0.905. The van der Waals surface area contributed by atoms with Crippen molar-refractivity contribution in [2.45, 2.75) is 416 Å². The van der Waals surface area contributed by atoms with Crippen LogP contribution in [0.25, 0.3) is 0 Å². The van der Waals surface area contributed by atoms with Gasteiger partial charge in [0.2, 0.25) is 5.91 Å². The first-order chi connectivity index (χ1) is 41.7. The fourth-order valence-corrected chi connectivity index (χ4v) is 12.0. The molecule has 11 nitrogen and oxygen atoms in total. The van der Waals surface area contributed by atoms with Gasteiger partial charge in [0, 0.05) is 0 Å². The van der Waals surface area contributed by atoms with Crippen LogP contribution in [-0.2, 0) is 14.3 Å². The van der Waals surface area contributed by atoms with E-state index in [2.05, 4.69) is 55.6 Å². The summed E-state index contributed by atoms with van der Waals surface area (Å²) in [6.07, 6.45) is 69.8. The summed E-state index contributed by atoms with van der Waals surface area (Å²) in [5.41, 5.74) is 0. The number of rotatable bonds is 65. The van der Waals surface area contributed by atoms with Crippen LogP contribution in [0.5, 0.6) is 0 Å². The summed E-state index contributed by atoms with van der Waals surface area (Å²) in [4.78, 5) is 13.2. The van der Waals surface area contributed by atoms with Crippen molar-refractivity contribution in [3.8, 4) is 0 Å². The molecule has 0 aromatic carbocycles. The van der Waals surface area contributed by atoms with Gasteiger partial charge in [-0.1, -0.05) is 333 Å². The molecule has 1 heterocycles. The first kappa shape index (κ1) is 81.3. The Kier molecular flexibility index (Phi) is 59.8. The number of ether oxygens (including phenoxy) is 2. The molecule has 1 amide bonds. The number of hydrogen-bond acceptors (Lipinski definition) is 10. The van der Waals surface area contributed by atoms with E-state index in [1.165, 1.54) is 270 Å². The van der Waals surface area contributed by atoms with Crippen molar-refractivity contribution in [3.63, 3.8) is 0 Å². The van der Waals surface area contributed by atoms with Crippen LogP contribution in [0.1, 0.15) is 361 Å². The van der Waals surface area contributed by atoms with Gasteiger partial charge >= 0.3 is 0 Å². The van der Waals surface area contributed by atoms with Crippen molar-refractivity contribution in [2.75, 3.05) is 13.2 Å². The van der Waals surface area contributed by atoms with Crippen LogP contribution in [0, 0.1) is 0 Å². The molecule has 0 aliphatic carbocycles. The van der Waals surface area contributed by atoms with E-state index < -0.39 is 74.2 Å². The molecule has 0 aromatic heterocycles. The largest absolute Gasteiger partial charge is 0.394 e. The summed E-state index contributed by atoms with van der Waals surface area (Å²) < 4.78 is 11.2. The molecule has 1 aliphatic rings. The van der Waals surface area contributed by atoms with Gasteiger partial charge in [0.1, 0.15) is 36.6 Å². The van der Waals surface area contributed by atoms with Gasteiger partial charge in [-0.25, -0.2) is 0 Å². The number of carbonyl (C=O) groups is 1. The minimum atomic E-state index is -1.67. The third-order valence-corrected chi connectivity index (χ3v) is 17.9. The maximum Gasteiger partial charge on any atom is 0.249 e. The molecule has 8 N–H and O–H groups in total. The molecule has 11 heteroatoms. The van der Waals surface area contributed by atoms with Crippen LogP contribution < -0.4 is 5.32 Å². The molecule has 0 aromatic rings. The lowest BCUT2D eigenvalue weighted by Gasteiger charge is -2.40. The van der Waals surface area contributed by atoms with E-state index in [1.807, 2.05) is 0 Å². The van der Waals surface area contributed by atoms with Gasteiger partial charge in [0.15, 0.2) is 6.29 Å². The summed E-state index contributed by atoms with van der Waals surface area (Å²) >= 11 is 0. The highest BCUT2D eigenvalue weighted by atomic mass is 16.7. The van der Waals surface area contributed by atoms with Crippen molar-refractivity contribution in [3.05, 3.63) is 36.5 Å². The highest BCUT2D eigenvalue weighted by molar-refractivity contribution is 5.80. The van der Waals surface area contributed by atoms with Gasteiger partial charge < -0.3 is 50.5 Å². The molecule has 9 unspecified atom stereocenters. The average molecular weight is 1200 g/mol. The van der Waals surface area contributed by atoms with Crippen LogP contribution in [-0.4, -0.2) is 110 Å². The topological polar surface area (TPSA) is 189 Å². The Morgan fingerprint density at radius 2 is 0.706 bits per heavy atom. The standard InChI is InChI=1S/C74H141NO10/c1-3-5-7-9-11-13-15-17-19-21-23-25-26-27-28-29-30-31-32-33-34-35-36-37-38-39-40-41-42-44-46-48-50-52-54-56-58-60-62-67(78)73(83)75-65(64-84-74-72(82)71(81)70(80)68(63-76)85-74)69(79)66(77)61-59-57-55-53-51-49-47-45-43-24-22-20-18-16-14-12-10-8-6-4-2/h20,22,45,47,53,55,65-72,74,76-82H,3-19,21,23-44,46,48-52,54,56-64H2,1-2H3,(H,75,83)/b22-20+,47-45+,55-53+. The molecule has 85 heavy (non-hydrogen) atoms. The van der Waals surface area contributed by atoms with Crippen LogP contribution in [0.3, 0.4) is 0 Å². The van der Waals surface area contributed by atoms with E-state index in [9.17, 15) is 40.5 Å². The maximum absolute atomic E-state index is 13.2. The molecule has 1 fully saturated rings. The number of hydrogen-bond donors (Lipinski definition) is 8. The molecule has 9 atom stereocenters. The highest BCUT2D eigenvalue weighted by Gasteiger charge is 2.44. The van der Waals surface area contributed by atoms with E-state index in [0.717, 1.165) is 44.9 Å². The lowest BCUT2D eigenvalue weighted by atomic mass is 9.98. The van der Waals surface area contributed by atoms with Crippen molar-refractivity contribution in [1.82, 2.24) is 5.32 Å². The van der Waals surface area contributed by atoms with E-state index in [-0.39, 0.29) is 12.8 Å². The maximum atomic E-state index is 13.2. The SMILES string of the molecule is CCCCCCCCC/C=C/CC/C=C/CC/C=C/CCCC(O)C(O)C(COC1OC(CO)C(O)C(O)C1O)NC(=O)C(O)CCCCCCCCCCCCCCCCCCCCCCCCCCCCCCCCCCCCCCCC. The third-order valence-electron chi connectivity index (χ3n) is 17.9. The minimum Gasteiger partial charge on any atom is -0.394 e. The normalized spacial score (nSPS) is 19.0. The van der Waals surface area contributed by atoms with E-state index >= 15 is 0 Å². The Hall–Kier alpha value is -1.67. The monoisotopic (exact) mass is 1200 g/mol. The zero-order valence-electron chi connectivity index (χ0n) is 55.6. The lowest BCUT2D eigenvalue weighted by molar-refractivity contribution is -0.303. The first-order valence-corrected chi connectivity index (χ1v) is 36.9. The number of aliphatic hydroxyl groups is 7. The summed E-state index contributed by atoms with van der Waals surface area (Å²) in [6, 6.07) is -1.19. The molecule has 1 rings (SSSR count). The molecule has 0 saturated carbocycles. The Morgan fingerprint density at radius 1 is 0.400 bits per heavy atom. The Balaban J connectivity index is 2.13.